The summed E-state index contributed by atoms with van der Waals surface area (Å²) in [5.41, 5.74) is 4.52. The van der Waals surface area contributed by atoms with Crippen LogP contribution in [-0.4, -0.2) is 85.2 Å². The molecule has 2 aliphatic heterocycles. The van der Waals surface area contributed by atoms with Crippen molar-refractivity contribution in [1.82, 2.24) is 31.9 Å². The Morgan fingerprint density at radius 2 is 1.70 bits per heavy atom. The summed E-state index contributed by atoms with van der Waals surface area (Å²) in [6.45, 7) is 2.06. The van der Waals surface area contributed by atoms with Crippen LogP contribution in [0.1, 0.15) is 75.1 Å². The van der Waals surface area contributed by atoms with Crippen molar-refractivity contribution in [2.45, 2.75) is 88.1 Å². The van der Waals surface area contributed by atoms with Crippen LogP contribution in [-0.2, 0) is 14.3 Å². The van der Waals surface area contributed by atoms with Crippen molar-refractivity contribution in [2.24, 2.45) is 10.5 Å². The maximum atomic E-state index is 14.2. The fraction of sp³-hybridized carbons (Fsp3) is 0.606. The summed E-state index contributed by atoms with van der Waals surface area (Å²) < 4.78 is 61.6. The fourth-order valence-electron chi connectivity index (χ4n) is 6.33. The van der Waals surface area contributed by atoms with Crippen LogP contribution in [0.25, 0.3) is 10.4 Å². The summed E-state index contributed by atoms with van der Waals surface area (Å²) >= 11 is 1.85. The number of carbonyl (C=O) groups excluding carboxylic acids is 5. The number of hydrogen-bond acceptors (Lipinski definition) is 8. The van der Waals surface area contributed by atoms with E-state index >= 15 is 0 Å². The largest absolute Gasteiger partial charge is 0.442 e. The number of nitrogens with zero attached hydrogens (tertiary/aromatic N) is 3. The lowest BCUT2D eigenvalue weighted by Crippen LogP contribution is -2.40. The Morgan fingerprint density at radius 3 is 2.43 bits per heavy atom. The van der Waals surface area contributed by atoms with Crippen LogP contribution in [0.2, 0.25) is 0 Å². The molecule has 4 rings (SSSR count). The van der Waals surface area contributed by atoms with Gasteiger partial charge in [-0.1, -0.05) is 24.5 Å². The standard InChI is InChI=1S/C33H43F4N9O6S/c1-33(30(49)41-14-6-13-39-21(47)10-3-2-9-20-27-19(17-53-20)43-31(50)44-27)11-4-7-18(8-5-12-33)52-32(51)42-16-15-40-29(48)22-23(34)25(36)28(45-46-38)26(37)24(22)35/h4,7,18-20,27H,2-3,5-6,8-17H2,1H3,(H,39,47)(H,40,48)(H,41,49)(H,42,51)(H2,43,44,50)/b7-4+. The third-order valence-corrected chi connectivity index (χ3v) is 10.8. The average molecular weight is 770 g/mol. The van der Waals surface area contributed by atoms with Gasteiger partial charge in [0, 0.05) is 53.9 Å². The fourth-order valence-corrected chi connectivity index (χ4v) is 7.87. The Bertz CT molecular complexity index is 1600. The number of ether oxygens (including phenoxy) is 1. The van der Waals surface area contributed by atoms with E-state index in [2.05, 4.69) is 36.6 Å². The molecule has 290 valence electrons. The molecular weight excluding hydrogens is 726 g/mol. The molecule has 20 heteroatoms. The number of nitrogens with one attached hydrogen (secondary N) is 6. The number of unbranched alkanes of at least 4 members (excludes halogenated alkanes) is 1. The first-order chi connectivity index (χ1) is 25.3. The zero-order chi connectivity index (χ0) is 38.5. The van der Waals surface area contributed by atoms with Gasteiger partial charge in [-0.25, -0.2) is 27.2 Å². The summed E-state index contributed by atoms with van der Waals surface area (Å²) in [5, 5.41) is 19.0. The van der Waals surface area contributed by atoms with Gasteiger partial charge in [0.1, 0.15) is 17.4 Å². The van der Waals surface area contributed by atoms with E-state index in [1.54, 1.807) is 12.2 Å². The molecule has 1 aromatic rings. The summed E-state index contributed by atoms with van der Waals surface area (Å²) in [6.07, 6.45) is 7.48. The molecule has 0 spiro atoms. The molecule has 1 aliphatic carbocycles. The van der Waals surface area contributed by atoms with Crippen LogP contribution >= 0.6 is 11.8 Å². The number of carbonyl (C=O) groups is 5. The number of amides is 6. The first kappa shape index (κ1) is 41.1. The van der Waals surface area contributed by atoms with Gasteiger partial charge in [0.25, 0.3) is 5.91 Å². The van der Waals surface area contributed by atoms with E-state index in [1.165, 1.54) is 0 Å². The minimum atomic E-state index is -2.04. The highest BCUT2D eigenvalue weighted by atomic mass is 32.2. The molecule has 6 amide bonds. The molecule has 5 atom stereocenters. The molecule has 0 saturated carbocycles. The number of allylic oxidation sites excluding steroid dienone is 1. The first-order valence-corrected chi connectivity index (χ1v) is 18.4. The predicted octanol–water partition coefficient (Wildman–Crippen LogP) is 4.49. The van der Waals surface area contributed by atoms with Crippen molar-refractivity contribution in [3.05, 3.63) is 51.4 Å². The van der Waals surface area contributed by atoms with Crippen LogP contribution in [0, 0.1) is 28.7 Å². The highest BCUT2D eigenvalue weighted by Gasteiger charge is 2.42. The highest BCUT2D eigenvalue weighted by molar-refractivity contribution is 8.00. The van der Waals surface area contributed by atoms with E-state index in [9.17, 15) is 41.5 Å². The molecule has 2 heterocycles. The van der Waals surface area contributed by atoms with E-state index in [1.807, 2.05) is 24.0 Å². The number of hydrogen-bond donors (Lipinski definition) is 6. The third kappa shape index (κ3) is 11.1. The van der Waals surface area contributed by atoms with Crippen molar-refractivity contribution in [1.29, 1.82) is 0 Å². The van der Waals surface area contributed by atoms with Crippen molar-refractivity contribution in [2.75, 3.05) is 31.9 Å². The number of fused-ring (bicyclic) bond motifs is 1. The maximum absolute atomic E-state index is 14.2. The molecule has 0 radical (unpaired) electrons. The van der Waals surface area contributed by atoms with Crippen LogP contribution in [0.3, 0.4) is 0 Å². The molecule has 0 aromatic heterocycles. The normalized spacial score (nSPS) is 23.9. The molecule has 5 unspecified atom stereocenters. The lowest BCUT2D eigenvalue weighted by molar-refractivity contribution is -0.130. The minimum absolute atomic E-state index is 0.0329. The van der Waals surface area contributed by atoms with E-state index < -0.39 is 58.0 Å². The summed E-state index contributed by atoms with van der Waals surface area (Å²) in [6, 6.07) is 0.245. The van der Waals surface area contributed by atoms with E-state index in [-0.39, 0.29) is 43.0 Å². The maximum Gasteiger partial charge on any atom is 0.407 e. The summed E-state index contributed by atoms with van der Waals surface area (Å²) in [5.74, 6) is -8.90. The van der Waals surface area contributed by atoms with Crippen molar-refractivity contribution < 1.29 is 46.3 Å². The number of thioether (sulfide) groups is 1. The van der Waals surface area contributed by atoms with E-state index in [0.29, 0.717) is 56.9 Å². The lowest BCUT2D eigenvalue weighted by Gasteiger charge is -2.29. The zero-order valence-electron chi connectivity index (χ0n) is 29.1. The number of benzene rings is 1. The number of alkyl carbamates (subject to hydrolysis) is 1. The quantitative estimate of drug-likeness (QED) is 0.0207. The monoisotopic (exact) mass is 769 g/mol. The number of rotatable bonds is 16. The number of urea groups is 1. The van der Waals surface area contributed by atoms with Gasteiger partial charge >= 0.3 is 12.1 Å². The van der Waals surface area contributed by atoms with Gasteiger partial charge in [-0.05, 0) is 56.6 Å². The minimum Gasteiger partial charge on any atom is -0.442 e. The van der Waals surface area contributed by atoms with Gasteiger partial charge in [0.05, 0.1) is 12.1 Å². The average Bonchev–Trinajstić information content (AvgIpc) is 3.67. The Kier molecular flexibility index (Phi) is 15.0. The van der Waals surface area contributed by atoms with Gasteiger partial charge in [-0.2, -0.15) is 11.8 Å². The van der Waals surface area contributed by atoms with Gasteiger partial charge in [0.15, 0.2) is 23.3 Å². The smallest absolute Gasteiger partial charge is 0.407 e. The zero-order valence-corrected chi connectivity index (χ0v) is 29.9. The van der Waals surface area contributed by atoms with Crippen LogP contribution in [0.5, 0.6) is 0 Å². The van der Waals surface area contributed by atoms with E-state index in [0.717, 1.165) is 25.0 Å². The predicted molar refractivity (Wildman–Crippen MR) is 186 cm³/mol. The summed E-state index contributed by atoms with van der Waals surface area (Å²) in [7, 11) is 0. The van der Waals surface area contributed by atoms with E-state index in [4.69, 9.17) is 10.3 Å². The topological polar surface area (TPSA) is 216 Å². The van der Waals surface area contributed by atoms with Gasteiger partial charge in [-0.3, -0.25) is 14.4 Å². The molecule has 6 N–H and O–H groups in total. The third-order valence-electron chi connectivity index (χ3n) is 9.28. The second kappa shape index (κ2) is 19.4. The molecule has 15 nitrogen and oxygen atoms in total. The van der Waals surface area contributed by atoms with Crippen molar-refractivity contribution >= 4 is 47.3 Å². The second-order valence-corrected chi connectivity index (χ2v) is 14.5. The van der Waals surface area contributed by atoms with Gasteiger partial charge in [-0.15, -0.1) is 0 Å². The van der Waals surface area contributed by atoms with Crippen LogP contribution in [0.4, 0.5) is 32.8 Å². The Balaban J connectivity index is 1.07. The molecule has 1 aromatic carbocycles. The van der Waals surface area contributed by atoms with Gasteiger partial charge < -0.3 is 36.6 Å². The second-order valence-electron chi connectivity index (χ2n) is 13.2. The lowest BCUT2D eigenvalue weighted by atomic mass is 9.79. The number of azide groups is 1. The molecule has 0 bridgehead atoms. The molecule has 53 heavy (non-hydrogen) atoms. The summed E-state index contributed by atoms with van der Waals surface area (Å²) in [4.78, 5) is 63.3. The van der Waals surface area contributed by atoms with Crippen LogP contribution in [0.15, 0.2) is 17.3 Å². The molecule has 2 saturated heterocycles. The molecule has 3 aliphatic rings. The Labute approximate surface area is 307 Å². The molecule has 2 fully saturated rings. The van der Waals surface area contributed by atoms with Gasteiger partial charge in [0.2, 0.25) is 11.8 Å². The van der Waals surface area contributed by atoms with Crippen LogP contribution < -0.4 is 31.9 Å². The molecular formula is C33H43F4N9O6S. The SMILES string of the molecule is CC1(C(=O)NCCCNC(=O)CCCCC2SCC3NC(=O)NC32)C/C=C/C(OC(=O)NCCNC(=O)c2c(F)c(F)c(N=[N+]=[N-])c(F)c2F)CCC1. The highest BCUT2D eigenvalue weighted by Crippen LogP contribution is 2.34. The van der Waals surface area contributed by atoms with Crippen molar-refractivity contribution in [3.63, 3.8) is 0 Å². The first-order valence-electron chi connectivity index (χ1n) is 17.4. The Hall–Kier alpha value is -4.71. The Morgan fingerprint density at radius 1 is 0.981 bits per heavy atom. The number of halogens is 4. The van der Waals surface area contributed by atoms with Crippen molar-refractivity contribution in [3.8, 4) is 0 Å².